The van der Waals surface area contributed by atoms with Crippen LogP contribution in [-0.2, 0) is 4.79 Å². The Bertz CT molecular complexity index is 105. The number of carboxylic acids is 1. The van der Waals surface area contributed by atoms with E-state index in [1.807, 2.05) is 6.92 Å². The molecule has 0 saturated heterocycles. The van der Waals surface area contributed by atoms with Crippen molar-refractivity contribution in [3.05, 3.63) is 0 Å². The molecular weight excluding hydrogens is 134 g/mol. The van der Waals surface area contributed by atoms with Gasteiger partial charge >= 0.3 is 5.97 Å². The molecule has 0 aliphatic carbocycles. The van der Waals surface area contributed by atoms with E-state index in [1.165, 1.54) is 4.90 Å². The number of carbonyl (C=O) groups is 1. The standard InChI is InChI=1S/C6H13NO3/c1-2-3-7(5-8)4-6(9)10/h8H,2-5H2,1H3,(H,9,10). The zero-order chi connectivity index (χ0) is 7.98. The molecule has 0 aliphatic rings. The second-order valence-electron chi connectivity index (χ2n) is 2.09. The molecule has 0 aromatic rings. The molecule has 0 aliphatic heterocycles. The lowest BCUT2D eigenvalue weighted by atomic mass is 10.4. The summed E-state index contributed by atoms with van der Waals surface area (Å²) in [6.45, 7) is 2.30. The van der Waals surface area contributed by atoms with Crippen molar-refractivity contribution in [2.45, 2.75) is 13.3 Å². The number of aliphatic carboxylic acids is 1. The first kappa shape index (κ1) is 9.39. The quantitative estimate of drug-likeness (QED) is 0.526. The fraction of sp³-hybridized carbons (Fsp3) is 0.833. The van der Waals surface area contributed by atoms with Gasteiger partial charge in [0.25, 0.3) is 0 Å². The smallest absolute Gasteiger partial charge is 0.317 e. The number of carboxylic acid groups (broad SMARTS) is 1. The zero-order valence-corrected chi connectivity index (χ0v) is 6.08. The molecule has 10 heavy (non-hydrogen) atoms. The van der Waals surface area contributed by atoms with Crippen LogP contribution in [0.5, 0.6) is 0 Å². The van der Waals surface area contributed by atoms with Crippen LogP contribution in [0.3, 0.4) is 0 Å². The first-order valence-corrected chi connectivity index (χ1v) is 3.25. The molecule has 0 fully saturated rings. The van der Waals surface area contributed by atoms with Gasteiger partial charge < -0.3 is 10.2 Å². The average molecular weight is 147 g/mol. The molecule has 0 spiro atoms. The second-order valence-corrected chi connectivity index (χ2v) is 2.09. The van der Waals surface area contributed by atoms with E-state index in [-0.39, 0.29) is 13.3 Å². The highest BCUT2D eigenvalue weighted by molar-refractivity contribution is 5.69. The van der Waals surface area contributed by atoms with Gasteiger partial charge in [0.15, 0.2) is 0 Å². The van der Waals surface area contributed by atoms with E-state index in [9.17, 15) is 4.79 Å². The lowest BCUT2D eigenvalue weighted by Gasteiger charge is -2.14. The largest absolute Gasteiger partial charge is 0.480 e. The molecule has 0 radical (unpaired) electrons. The Hall–Kier alpha value is -0.610. The average Bonchev–Trinajstić information content (AvgIpc) is 1.86. The Morgan fingerprint density at radius 3 is 2.50 bits per heavy atom. The van der Waals surface area contributed by atoms with Gasteiger partial charge in [-0.15, -0.1) is 0 Å². The molecule has 0 rings (SSSR count). The van der Waals surface area contributed by atoms with Crippen molar-refractivity contribution < 1.29 is 15.0 Å². The molecule has 60 valence electrons. The monoisotopic (exact) mass is 147 g/mol. The van der Waals surface area contributed by atoms with Crippen LogP contribution >= 0.6 is 0 Å². The summed E-state index contributed by atoms with van der Waals surface area (Å²) in [4.78, 5) is 11.6. The number of nitrogens with zero attached hydrogens (tertiary/aromatic N) is 1. The molecule has 0 saturated carbocycles. The maximum absolute atomic E-state index is 10.1. The summed E-state index contributed by atoms with van der Waals surface area (Å²) in [6, 6.07) is 0. The van der Waals surface area contributed by atoms with E-state index in [0.717, 1.165) is 6.42 Å². The number of hydrogen-bond acceptors (Lipinski definition) is 3. The number of hydrogen-bond donors (Lipinski definition) is 2. The van der Waals surface area contributed by atoms with E-state index in [4.69, 9.17) is 10.2 Å². The molecule has 2 N–H and O–H groups in total. The van der Waals surface area contributed by atoms with Crippen molar-refractivity contribution >= 4 is 5.97 Å². The van der Waals surface area contributed by atoms with E-state index in [1.54, 1.807) is 0 Å². The Kier molecular flexibility index (Phi) is 4.88. The molecule has 0 amide bonds. The van der Waals surface area contributed by atoms with E-state index in [0.29, 0.717) is 6.54 Å². The van der Waals surface area contributed by atoms with Gasteiger partial charge in [0.1, 0.15) is 0 Å². The Morgan fingerprint density at radius 2 is 2.20 bits per heavy atom. The van der Waals surface area contributed by atoms with Crippen LogP contribution in [0.15, 0.2) is 0 Å². The fourth-order valence-corrected chi connectivity index (χ4v) is 0.707. The highest BCUT2D eigenvalue weighted by atomic mass is 16.4. The Morgan fingerprint density at radius 1 is 1.60 bits per heavy atom. The summed E-state index contributed by atoms with van der Waals surface area (Å²) in [5, 5.41) is 16.9. The minimum atomic E-state index is -0.900. The predicted octanol–water partition coefficient (Wildman–Crippen LogP) is -0.267. The second kappa shape index (κ2) is 5.20. The van der Waals surface area contributed by atoms with Crippen LogP contribution in [0.25, 0.3) is 0 Å². The zero-order valence-electron chi connectivity index (χ0n) is 6.08. The van der Waals surface area contributed by atoms with Crippen molar-refractivity contribution in [3.8, 4) is 0 Å². The van der Waals surface area contributed by atoms with Crippen LogP contribution in [0.2, 0.25) is 0 Å². The van der Waals surface area contributed by atoms with Gasteiger partial charge in [-0.3, -0.25) is 9.69 Å². The minimum Gasteiger partial charge on any atom is -0.480 e. The molecule has 4 nitrogen and oxygen atoms in total. The van der Waals surface area contributed by atoms with Gasteiger partial charge in [0, 0.05) is 6.54 Å². The third kappa shape index (κ3) is 4.29. The molecule has 0 aromatic carbocycles. The summed E-state index contributed by atoms with van der Waals surface area (Å²) in [5.74, 6) is -0.900. The number of rotatable bonds is 5. The van der Waals surface area contributed by atoms with Gasteiger partial charge in [-0.1, -0.05) is 6.92 Å². The molecule has 0 unspecified atom stereocenters. The lowest BCUT2D eigenvalue weighted by Crippen LogP contribution is -2.31. The summed E-state index contributed by atoms with van der Waals surface area (Å²) in [5.41, 5.74) is 0. The first-order chi connectivity index (χ1) is 4.70. The van der Waals surface area contributed by atoms with E-state index < -0.39 is 5.97 Å². The van der Waals surface area contributed by atoms with Crippen molar-refractivity contribution in [2.24, 2.45) is 0 Å². The van der Waals surface area contributed by atoms with E-state index >= 15 is 0 Å². The highest BCUT2D eigenvalue weighted by Crippen LogP contribution is 1.87. The molecule has 0 bridgehead atoms. The van der Waals surface area contributed by atoms with E-state index in [2.05, 4.69) is 0 Å². The van der Waals surface area contributed by atoms with Gasteiger partial charge in [0.2, 0.25) is 0 Å². The van der Waals surface area contributed by atoms with Crippen LogP contribution in [-0.4, -0.2) is 40.9 Å². The van der Waals surface area contributed by atoms with Crippen LogP contribution in [0, 0.1) is 0 Å². The van der Waals surface area contributed by atoms with Crippen LogP contribution in [0.1, 0.15) is 13.3 Å². The fourth-order valence-electron chi connectivity index (χ4n) is 0.707. The predicted molar refractivity (Wildman–Crippen MR) is 36.6 cm³/mol. The maximum Gasteiger partial charge on any atom is 0.317 e. The summed E-state index contributed by atoms with van der Waals surface area (Å²) in [7, 11) is 0. The molecular formula is C6H13NO3. The number of aliphatic hydroxyl groups is 1. The van der Waals surface area contributed by atoms with Crippen LogP contribution < -0.4 is 0 Å². The van der Waals surface area contributed by atoms with Gasteiger partial charge in [-0.25, -0.2) is 0 Å². The van der Waals surface area contributed by atoms with Crippen LogP contribution in [0.4, 0.5) is 0 Å². The molecule has 0 atom stereocenters. The summed E-state index contributed by atoms with van der Waals surface area (Å²) in [6.07, 6.45) is 0.855. The third-order valence-electron chi connectivity index (χ3n) is 1.10. The number of aliphatic hydroxyl groups excluding tert-OH is 1. The van der Waals surface area contributed by atoms with Gasteiger partial charge in [-0.05, 0) is 6.42 Å². The molecule has 0 heterocycles. The van der Waals surface area contributed by atoms with Crippen molar-refractivity contribution in [1.82, 2.24) is 4.90 Å². The van der Waals surface area contributed by atoms with Crippen molar-refractivity contribution in [2.75, 3.05) is 19.8 Å². The Balaban J connectivity index is 3.49. The van der Waals surface area contributed by atoms with Gasteiger partial charge in [-0.2, -0.15) is 0 Å². The van der Waals surface area contributed by atoms with Crippen molar-refractivity contribution in [3.63, 3.8) is 0 Å². The topological polar surface area (TPSA) is 60.8 Å². The van der Waals surface area contributed by atoms with Crippen molar-refractivity contribution in [1.29, 1.82) is 0 Å². The summed E-state index contributed by atoms with van der Waals surface area (Å²) >= 11 is 0. The lowest BCUT2D eigenvalue weighted by molar-refractivity contribution is -0.139. The SMILES string of the molecule is CCCN(CO)CC(=O)O. The molecule has 0 aromatic heterocycles. The molecule has 4 heteroatoms. The van der Waals surface area contributed by atoms with Gasteiger partial charge in [0.05, 0.1) is 13.3 Å². The normalized spacial score (nSPS) is 10.3. The Labute approximate surface area is 60.1 Å². The first-order valence-electron chi connectivity index (χ1n) is 3.25. The summed E-state index contributed by atoms with van der Waals surface area (Å²) < 4.78 is 0. The highest BCUT2D eigenvalue weighted by Gasteiger charge is 2.05. The maximum atomic E-state index is 10.1. The minimum absolute atomic E-state index is 0.0790. The third-order valence-corrected chi connectivity index (χ3v) is 1.10.